The third-order valence-electron chi connectivity index (χ3n) is 3.86. The Kier molecular flexibility index (Phi) is 5.85. The first-order valence-corrected chi connectivity index (χ1v) is 8.50. The van der Waals surface area contributed by atoms with Gasteiger partial charge in [-0.05, 0) is 19.8 Å². The molecule has 0 aromatic heterocycles. The molecule has 0 unspecified atom stereocenters. The van der Waals surface area contributed by atoms with E-state index in [0.717, 1.165) is 18.4 Å². The van der Waals surface area contributed by atoms with E-state index in [1.165, 1.54) is 0 Å². The molecule has 0 bridgehead atoms. The van der Waals surface area contributed by atoms with Gasteiger partial charge >= 0.3 is 5.97 Å². The molecule has 1 aromatic carbocycles. The Morgan fingerprint density at radius 1 is 1.24 bits per heavy atom. The van der Waals surface area contributed by atoms with E-state index in [9.17, 15) is 9.59 Å². The number of ether oxygens (including phenoxy) is 1. The van der Waals surface area contributed by atoms with Crippen LogP contribution in [0.2, 0.25) is 0 Å². The summed E-state index contributed by atoms with van der Waals surface area (Å²) in [7, 11) is 0. The Balaban J connectivity index is 2.10. The number of ketones is 1. The first-order valence-electron chi connectivity index (χ1n) is 7.56. The van der Waals surface area contributed by atoms with Gasteiger partial charge in [-0.3, -0.25) is 9.59 Å². The molecule has 0 amide bonds. The van der Waals surface area contributed by atoms with Crippen LogP contribution in [0.3, 0.4) is 0 Å². The Morgan fingerprint density at radius 2 is 1.95 bits per heavy atom. The van der Waals surface area contributed by atoms with Crippen molar-refractivity contribution in [1.29, 1.82) is 0 Å². The van der Waals surface area contributed by atoms with Gasteiger partial charge in [-0.1, -0.05) is 37.3 Å². The quantitative estimate of drug-likeness (QED) is 0.593. The van der Waals surface area contributed by atoms with E-state index >= 15 is 0 Å². The highest BCUT2D eigenvalue weighted by Gasteiger charge is 2.40. The molecular weight excluding hydrogens is 284 g/mol. The molecular formula is C17H22O3S. The van der Waals surface area contributed by atoms with Crippen LogP contribution in [-0.4, -0.2) is 28.9 Å². The number of hydrogen-bond acceptors (Lipinski definition) is 4. The van der Waals surface area contributed by atoms with Crippen LogP contribution in [0, 0.1) is 5.92 Å². The maximum atomic E-state index is 12.7. The number of esters is 1. The van der Waals surface area contributed by atoms with Crippen molar-refractivity contribution in [3.05, 3.63) is 35.9 Å². The Hall–Kier alpha value is -1.29. The average Bonchev–Trinajstić information content (AvgIpc) is 2.90. The van der Waals surface area contributed by atoms with Gasteiger partial charge in [0.05, 0.1) is 13.0 Å². The zero-order chi connectivity index (χ0) is 15.2. The van der Waals surface area contributed by atoms with Gasteiger partial charge < -0.3 is 4.74 Å². The smallest absolute Gasteiger partial charge is 0.306 e. The lowest BCUT2D eigenvalue weighted by Gasteiger charge is -2.16. The van der Waals surface area contributed by atoms with Crippen molar-refractivity contribution in [2.75, 3.05) is 6.61 Å². The largest absolute Gasteiger partial charge is 0.466 e. The third kappa shape index (κ3) is 4.10. The summed E-state index contributed by atoms with van der Waals surface area (Å²) in [5.74, 6) is -0.113. The average molecular weight is 306 g/mol. The van der Waals surface area contributed by atoms with Gasteiger partial charge in [0.25, 0.3) is 0 Å². The van der Waals surface area contributed by atoms with Gasteiger partial charge in [0.2, 0.25) is 0 Å². The van der Waals surface area contributed by atoms with Crippen LogP contribution in [0.25, 0.3) is 0 Å². The van der Waals surface area contributed by atoms with Crippen molar-refractivity contribution >= 4 is 23.5 Å². The molecule has 2 rings (SSSR count). The van der Waals surface area contributed by atoms with E-state index in [2.05, 4.69) is 6.92 Å². The van der Waals surface area contributed by atoms with Crippen LogP contribution >= 0.6 is 11.8 Å². The molecule has 3 nitrogen and oxygen atoms in total. The molecule has 0 aliphatic carbocycles. The van der Waals surface area contributed by atoms with Crippen LogP contribution in [0.4, 0.5) is 0 Å². The molecule has 1 aliphatic heterocycles. The summed E-state index contributed by atoms with van der Waals surface area (Å²) in [5, 5.41) is 0.504. The van der Waals surface area contributed by atoms with Crippen molar-refractivity contribution in [2.45, 2.75) is 43.6 Å². The lowest BCUT2D eigenvalue weighted by atomic mass is 9.89. The molecule has 0 saturated carbocycles. The summed E-state index contributed by atoms with van der Waals surface area (Å²) in [5.41, 5.74) is 0.744. The van der Waals surface area contributed by atoms with Crippen molar-refractivity contribution in [1.82, 2.24) is 0 Å². The van der Waals surface area contributed by atoms with Crippen LogP contribution in [-0.2, 0) is 9.53 Å². The minimum Gasteiger partial charge on any atom is -0.466 e. The Morgan fingerprint density at radius 3 is 2.57 bits per heavy atom. The molecule has 114 valence electrons. The Labute approximate surface area is 130 Å². The molecule has 0 radical (unpaired) electrons. The number of Topliss-reactive ketones (excluding diaryl/α,β-unsaturated/α-hetero) is 1. The fourth-order valence-corrected chi connectivity index (χ4v) is 4.42. The van der Waals surface area contributed by atoms with Gasteiger partial charge in [-0.2, -0.15) is 11.8 Å². The number of carbonyl (C=O) groups is 2. The molecule has 1 fully saturated rings. The van der Waals surface area contributed by atoms with E-state index in [-0.39, 0.29) is 22.9 Å². The van der Waals surface area contributed by atoms with Gasteiger partial charge in [0.1, 0.15) is 0 Å². The fourth-order valence-electron chi connectivity index (χ4n) is 2.76. The summed E-state index contributed by atoms with van der Waals surface area (Å²) < 4.78 is 5.04. The van der Waals surface area contributed by atoms with Gasteiger partial charge in [-0.15, -0.1) is 0 Å². The predicted molar refractivity (Wildman–Crippen MR) is 85.6 cm³/mol. The number of carbonyl (C=O) groups excluding carboxylic acids is 2. The van der Waals surface area contributed by atoms with Gasteiger partial charge in [0, 0.05) is 22.0 Å². The summed E-state index contributed by atoms with van der Waals surface area (Å²) in [4.78, 5) is 24.4. The van der Waals surface area contributed by atoms with E-state index in [4.69, 9.17) is 4.74 Å². The normalized spacial score (nSPS) is 24.8. The highest BCUT2D eigenvalue weighted by Crippen LogP contribution is 2.43. The van der Waals surface area contributed by atoms with E-state index in [0.29, 0.717) is 18.3 Å². The molecule has 0 N–H and O–H groups in total. The summed E-state index contributed by atoms with van der Waals surface area (Å²) in [6, 6.07) is 9.38. The fraction of sp³-hybridized carbons (Fsp3) is 0.529. The second-order valence-corrected chi connectivity index (χ2v) is 6.83. The molecule has 1 heterocycles. The van der Waals surface area contributed by atoms with Crippen LogP contribution in [0.5, 0.6) is 0 Å². The monoisotopic (exact) mass is 306 g/mol. The van der Waals surface area contributed by atoms with Crippen LogP contribution in [0.1, 0.15) is 43.5 Å². The SMILES string of the molecule is CCOC(=O)C[C@@H]1S[C@H](CC)C[C@H]1C(=O)c1ccccc1. The summed E-state index contributed by atoms with van der Waals surface area (Å²) in [6.07, 6.45) is 2.22. The van der Waals surface area contributed by atoms with E-state index < -0.39 is 0 Å². The topological polar surface area (TPSA) is 43.4 Å². The molecule has 0 spiro atoms. The lowest BCUT2D eigenvalue weighted by molar-refractivity contribution is -0.143. The lowest BCUT2D eigenvalue weighted by Crippen LogP contribution is -2.25. The predicted octanol–water partition coefficient (Wildman–Crippen LogP) is 3.72. The maximum absolute atomic E-state index is 12.7. The summed E-state index contributed by atoms with van der Waals surface area (Å²) in [6.45, 7) is 4.33. The zero-order valence-corrected chi connectivity index (χ0v) is 13.4. The number of thioether (sulfide) groups is 1. The molecule has 1 aliphatic rings. The number of rotatable bonds is 6. The third-order valence-corrected chi connectivity index (χ3v) is 5.61. The number of benzene rings is 1. The zero-order valence-electron chi connectivity index (χ0n) is 12.6. The molecule has 21 heavy (non-hydrogen) atoms. The van der Waals surface area contributed by atoms with Gasteiger partial charge in [0.15, 0.2) is 5.78 Å². The second-order valence-electron chi connectivity index (χ2n) is 5.29. The molecule has 1 saturated heterocycles. The first-order chi connectivity index (χ1) is 10.2. The minimum absolute atomic E-state index is 0.0432. The number of hydrogen-bond donors (Lipinski definition) is 0. The van der Waals surface area contributed by atoms with Crippen molar-refractivity contribution < 1.29 is 14.3 Å². The van der Waals surface area contributed by atoms with Gasteiger partial charge in [-0.25, -0.2) is 0 Å². The van der Waals surface area contributed by atoms with Crippen molar-refractivity contribution in [3.8, 4) is 0 Å². The summed E-state index contributed by atoms with van der Waals surface area (Å²) >= 11 is 1.77. The van der Waals surface area contributed by atoms with Crippen molar-refractivity contribution in [3.63, 3.8) is 0 Å². The standard InChI is InChI=1S/C17H22O3S/c1-3-13-10-14(15(21-13)11-16(18)20-4-2)17(19)12-8-6-5-7-9-12/h5-9,13-15H,3-4,10-11H2,1-2H3/t13-,14-,15+/m1/s1. The van der Waals surface area contributed by atoms with Crippen LogP contribution < -0.4 is 0 Å². The molecule has 3 atom stereocenters. The van der Waals surface area contributed by atoms with E-state index in [1.807, 2.05) is 30.3 Å². The second kappa shape index (κ2) is 7.64. The molecule has 1 aromatic rings. The molecule has 4 heteroatoms. The maximum Gasteiger partial charge on any atom is 0.306 e. The minimum atomic E-state index is -0.197. The highest BCUT2D eigenvalue weighted by molar-refractivity contribution is 8.00. The van der Waals surface area contributed by atoms with Crippen molar-refractivity contribution in [2.24, 2.45) is 5.92 Å². The van der Waals surface area contributed by atoms with E-state index in [1.54, 1.807) is 18.7 Å². The Bertz CT molecular complexity index is 486. The highest BCUT2D eigenvalue weighted by atomic mass is 32.2. The first kappa shape index (κ1) is 16.1. The van der Waals surface area contributed by atoms with Crippen LogP contribution in [0.15, 0.2) is 30.3 Å².